The fraction of sp³-hybridized carbons (Fsp3) is 0.429. The molecule has 0 aromatic heterocycles. The van der Waals surface area contributed by atoms with Gasteiger partial charge in [-0.3, -0.25) is 9.59 Å². The first-order valence-electron chi connectivity index (χ1n) is 6.45. The van der Waals surface area contributed by atoms with Gasteiger partial charge in [0.2, 0.25) is 0 Å². The molecule has 0 radical (unpaired) electrons. The van der Waals surface area contributed by atoms with Crippen molar-refractivity contribution in [3.63, 3.8) is 0 Å². The van der Waals surface area contributed by atoms with Crippen molar-refractivity contribution in [2.45, 2.75) is 24.8 Å². The summed E-state index contributed by atoms with van der Waals surface area (Å²) in [5, 5.41) is 19.2. The molecular formula is C14H15Cl2NO4. The average Bonchev–Trinajstić information content (AvgIpc) is 3.18. The average molecular weight is 332 g/mol. The van der Waals surface area contributed by atoms with Crippen LogP contribution in [0.2, 0.25) is 10.0 Å². The standard InChI is InChI=1S/C14H15Cl2NO4/c15-10-2-1-3-11(16)7(10)4-5-14(17,13(20)21)9-6-8(9)12(18)19/h1-3,8-9H,4-6,17H2,(H,18,19)(H,20,21)/t8-,9?,14+/m0/s1. The SMILES string of the molecule is N[C@@](CCc1c(Cl)cccc1Cl)(C(=O)O)C1C[C@@H]1C(=O)O. The third-order valence-corrected chi connectivity index (χ3v) is 4.73. The van der Waals surface area contributed by atoms with Crippen LogP contribution in [0, 0.1) is 11.8 Å². The Kier molecular flexibility index (Phi) is 4.46. The first-order valence-corrected chi connectivity index (χ1v) is 7.21. The number of carboxylic acid groups (broad SMARTS) is 2. The van der Waals surface area contributed by atoms with Crippen molar-refractivity contribution in [1.82, 2.24) is 0 Å². The predicted octanol–water partition coefficient (Wildman–Crippen LogP) is 2.43. The van der Waals surface area contributed by atoms with E-state index in [9.17, 15) is 14.7 Å². The van der Waals surface area contributed by atoms with E-state index in [0.717, 1.165) is 0 Å². The molecular weight excluding hydrogens is 317 g/mol. The Hall–Kier alpha value is -1.30. The van der Waals surface area contributed by atoms with Gasteiger partial charge < -0.3 is 15.9 Å². The molecule has 0 saturated heterocycles. The second-order valence-corrected chi connectivity index (χ2v) is 6.15. The topological polar surface area (TPSA) is 101 Å². The molecule has 0 bridgehead atoms. The summed E-state index contributed by atoms with van der Waals surface area (Å²) in [4.78, 5) is 22.4. The predicted molar refractivity (Wildman–Crippen MR) is 78.6 cm³/mol. The smallest absolute Gasteiger partial charge is 0.324 e. The lowest BCUT2D eigenvalue weighted by atomic mass is 9.86. The second kappa shape index (κ2) is 5.83. The molecule has 1 fully saturated rings. The van der Waals surface area contributed by atoms with Crippen LogP contribution in [0.1, 0.15) is 18.4 Å². The fourth-order valence-corrected chi connectivity index (χ4v) is 3.18. The van der Waals surface area contributed by atoms with Crippen LogP contribution in [0.25, 0.3) is 0 Å². The van der Waals surface area contributed by atoms with Gasteiger partial charge in [0, 0.05) is 16.0 Å². The van der Waals surface area contributed by atoms with Gasteiger partial charge in [-0.15, -0.1) is 0 Å². The summed E-state index contributed by atoms with van der Waals surface area (Å²) in [6.45, 7) is 0. The van der Waals surface area contributed by atoms with Gasteiger partial charge >= 0.3 is 11.9 Å². The Balaban J connectivity index is 2.15. The molecule has 3 atom stereocenters. The van der Waals surface area contributed by atoms with Crippen molar-refractivity contribution >= 4 is 35.1 Å². The summed E-state index contributed by atoms with van der Waals surface area (Å²) in [5.74, 6) is -3.45. The van der Waals surface area contributed by atoms with E-state index in [1.807, 2.05) is 0 Å². The summed E-state index contributed by atoms with van der Waals surface area (Å²) in [7, 11) is 0. The zero-order valence-corrected chi connectivity index (χ0v) is 12.6. The number of carboxylic acids is 2. The summed E-state index contributed by atoms with van der Waals surface area (Å²) >= 11 is 12.1. The zero-order valence-electron chi connectivity index (χ0n) is 11.1. The highest BCUT2D eigenvalue weighted by atomic mass is 35.5. The lowest BCUT2D eigenvalue weighted by molar-refractivity contribution is -0.145. The van der Waals surface area contributed by atoms with Crippen LogP contribution >= 0.6 is 23.2 Å². The molecule has 1 aromatic carbocycles. The van der Waals surface area contributed by atoms with Crippen LogP contribution in [0.3, 0.4) is 0 Å². The van der Waals surface area contributed by atoms with Gasteiger partial charge in [0.1, 0.15) is 5.54 Å². The molecule has 1 aliphatic rings. The molecule has 21 heavy (non-hydrogen) atoms. The van der Waals surface area contributed by atoms with E-state index in [1.54, 1.807) is 18.2 Å². The van der Waals surface area contributed by atoms with Crippen molar-refractivity contribution < 1.29 is 19.8 Å². The molecule has 2 rings (SSSR count). The molecule has 1 saturated carbocycles. The van der Waals surface area contributed by atoms with Crippen LogP contribution < -0.4 is 5.73 Å². The van der Waals surface area contributed by atoms with Crippen LogP contribution in [-0.2, 0) is 16.0 Å². The number of hydrogen-bond donors (Lipinski definition) is 3. The zero-order chi connectivity index (χ0) is 15.8. The Labute approximate surface area is 131 Å². The molecule has 1 unspecified atom stereocenters. The van der Waals surface area contributed by atoms with Crippen molar-refractivity contribution in [2.24, 2.45) is 17.6 Å². The van der Waals surface area contributed by atoms with E-state index in [0.29, 0.717) is 15.6 Å². The van der Waals surface area contributed by atoms with Gasteiger partial charge in [-0.2, -0.15) is 0 Å². The maximum Gasteiger partial charge on any atom is 0.324 e. The van der Waals surface area contributed by atoms with Crippen LogP contribution in [0.5, 0.6) is 0 Å². The van der Waals surface area contributed by atoms with Gasteiger partial charge in [0.15, 0.2) is 0 Å². The van der Waals surface area contributed by atoms with Crippen LogP contribution in [0.4, 0.5) is 0 Å². The Morgan fingerprint density at radius 2 is 1.86 bits per heavy atom. The molecule has 114 valence electrons. The highest BCUT2D eigenvalue weighted by Crippen LogP contribution is 2.47. The summed E-state index contributed by atoms with van der Waals surface area (Å²) in [6, 6.07) is 5.03. The maximum absolute atomic E-state index is 11.5. The molecule has 4 N–H and O–H groups in total. The van der Waals surface area contributed by atoms with Gasteiger partial charge in [-0.25, -0.2) is 0 Å². The number of aliphatic carboxylic acids is 2. The number of halogens is 2. The molecule has 5 nitrogen and oxygen atoms in total. The van der Waals surface area contributed by atoms with E-state index in [-0.39, 0.29) is 19.3 Å². The summed E-state index contributed by atoms with van der Waals surface area (Å²) in [6.07, 6.45) is 0.652. The number of hydrogen-bond acceptors (Lipinski definition) is 3. The third-order valence-electron chi connectivity index (χ3n) is 4.02. The quantitative estimate of drug-likeness (QED) is 0.743. The number of rotatable bonds is 6. The first-order chi connectivity index (χ1) is 9.77. The number of carbonyl (C=O) groups is 2. The molecule has 0 heterocycles. The van der Waals surface area contributed by atoms with Gasteiger partial charge in [0.25, 0.3) is 0 Å². The highest BCUT2D eigenvalue weighted by Gasteiger charge is 2.58. The van der Waals surface area contributed by atoms with Crippen LogP contribution in [-0.4, -0.2) is 27.7 Å². The monoisotopic (exact) mass is 331 g/mol. The lowest BCUT2D eigenvalue weighted by Crippen LogP contribution is -2.51. The Morgan fingerprint density at radius 3 is 2.29 bits per heavy atom. The Morgan fingerprint density at radius 1 is 1.29 bits per heavy atom. The molecule has 1 aromatic rings. The van der Waals surface area contributed by atoms with Gasteiger partial charge in [0.05, 0.1) is 5.92 Å². The molecule has 0 amide bonds. The normalized spacial score (nSPS) is 23.4. The minimum Gasteiger partial charge on any atom is -0.481 e. The van der Waals surface area contributed by atoms with E-state index >= 15 is 0 Å². The summed E-state index contributed by atoms with van der Waals surface area (Å²) in [5.41, 5.74) is 5.02. The van der Waals surface area contributed by atoms with E-state index in [1.165, 1.54) is 0 Å². The minimum atomic E-state index is -1.58. The molecule has 1 aliphatic carbocycles. The largest absolute Gasteiger partial charge is 0.481 e. The maximum atomic E-state index is 11.5. The van der Waals surface area contributed by atoms with Crippen molar-refractivity contribution in [2.75, 3.05) is 0 Å². The Bertz CT molecular complexity index is 572. The number of benzene rings is 1. The summed E-state index contributed by atoms with van der Waals surface area (Å²) < 4.78 is 0. The minimum absolute atomic E-state index is 0.0836. The van der Waals surface area contributed by atoms with E-state index < -0.39 is 29.3 Å². The van der Waals surface area contributed by atoms with E-state index in [4.69, 9.17) is 34.0 Å². The third kappa shape index (κ3) is 3.15. The molecule has 7 heteroatoms. The van der Waals surface area contributed by atoms with Crippen molar-refractivity contribution in [3.05, 3.63) is 33.8 Å². The second-order valence-electron chi connectivity index (χ2n) is 5.33. The molecule has 0 spiro atoms. The van der Waals surface area contributed by atoms with Crippen molar-refractivity contribution in [1.29, 1.82) is 0 Å². The lowest BCUT2D eigenvalue weighted by Gasteiger charge is -2.25. The fourth-order valence-electron chi connectivity index (χ4n) is 2.59. The number of nitrogens with two attached hydrogens (primary N) is 1. The first kappa shape index (κ1) is 16.1. The highest BCUT2D eigenvalue weighted by molar-refractivity contribution is 6.36. The van der Waals surface area contributed by atoms with Gasteiger partial charge in [-0.05, 0) is 37.0 Å². The van der Waals surface area contributed by atoms with E-state index in [2.05, 4.69) is 0 Å². The van der Waals surface area contributed by atoms with Crippen LogP contribution in [0.15, 0.2) is 18.2 Å². The van der Waals surface area contributed by atoms with Gasteiger partial charge in [-0.1, -0.05) is 29.3 Å². The molecule has 0 aliphatic heterocycles. The van der Waals surface area contributed by atoms with Crippen molar-refractivity contribution in [3.8, 4) is 0 Å².